The molecular weight excluding hydrogens is 232 g/mol. The summed E-state index contributed by atoms with van der Waals surface area (Å²) in [6, 6.07) is 9.45. The summed E-state index contributed by atoms with van der Waals surface area (Å²) in [5.41, 5.74) is 8.72. The molecule has 0 saturated carbocycles. The molecule has 0 bridgehead atoms. The van der Waals surface area contributed by atoms with Crippen molar-refractivity contribution < 1.29 is 0 Å². The van der Waals surface area contributed by atoms with E-state index in [1.54, 1.807) is 0 Å². The van der Waals surface area contributed by atoms with Crippen molar-refractivity contribution in [3.8, 4) is 0 Å². The Balaban J connectivity index is 2.88. The highest BCUT2D eigenvalue weighted by Crippen LogP contribution is 2.24. The Kier molecular flexibility index (Phi) is 6.93. The molecule has 1 rings (SSSR count). The molecule has 0 aliphatic carbocycles. The second kappa shape index (κ2) is 8.21. The van der Waals surface area contributed by atoms with Crippen LogP contribution in [0.4, 0.5) is 5.69 Å². The van der Waals surface area contributed by atoms with Gasteiger partial charge in [-0.15, -0.1) is 0 Å². The first kappa shape index (κ1) is 16.0. The highest BCUT2D eigenvalue weighted by Gasteiger charge is 2.14. The van der Waals surface area contributed by atoms with Gasteiger partial charge in [0, 0.05) is 24.3 Å². The number of nitrogens with zero attached hydrogens (tertiary/aromatic N) is 1. The maximum atomic E-state index is 5.97. The third-order valence-electron chi connectivity index (χ3n) is 3.47. The van der Waals surface area contributed by atoms with Crippen LogP contribution in [-0.2, 0) is 6.42 Å². The van der Waals surface area contributed by atoms with Gasteiger partial charge in [0.25, 0.3) is 0 Å². The summed E-state index contributed by atoms with van der Waals surface area (Å²) in [7, 11) is 0. The molecule has 2 nitrogen and oxygen atoms in total. The Morgan fingerprint density at radius 2 is 1.79 bits per heavy atom. The molecule has 2 N–H and O–H groups in total. The fraction of sp³-hybridized carbons (Fsp3) is 0.647. The van der Waals surface area contributed by atoms with Crippen LogP contribution in [0.5, 0.6) is 0 Å². The molecule has 2 heteroatoms. The van der Waals surface area contributed by atoms with Crippen molar-refractivity contribution in [3.05, 3.63) is 29.8 Å². The minimum atomic E-state index is 0.214. The maximum absolute atomic E-state index is 5.97. The van der Waals surface area contributed by atoms with Crippen molar-refractivity contribution >= 4 is 5.69 Å². The lowest BCUT2D eigenvalue weighted by Gasteiger charge is -2.31. The monoisotopic (exact) mass is 262 g/mol. The van der Waals surface area contributed by atoms with Crippen molar-refractivity contribution in [2.45, 2.75) is 65.5 Å². The maximum Gasteiger partial charge on any atom is 0.0401 e. The second-order valence-corrected chi connectivity index (χ2v) is 5.80. The van der Waals surface area contributed by atoms with Crippen LogP contribution in [0.2, 0.25) is 0 Å². The van der Waals surface area contributed by atoms with Crippen LogP contribution in [-0.4, -0.2) is 18.6 Å². The van der Waals surface area contributed by atoms with Gasteiger partial charge in [0.1, 0.15) is 0 Å². The van der Waals surface area contributed by atoms with Crippen LogP contribution in [0.15, 0.2) is 24.3 Å². The fourth-order valence-corrected chi connectivity index (χ4v) is 2.50. The minimum Gasteiger partial charge on any atom is -0.369 e. The summed E-state index contributed by atoms with van der Waals surface area (Å²) >= 11 is 0. The van der Waals surface area contributed by atoms with E-state index in [0.29, 0.717) is 6.04 Å². The molecule has 1 unspecified atom stereocenters. The molecule has 0 aliphatic rings. The normalized spacial score (nSPS) is 12.7. The third kappa shape index (κ3) is 5.23. The average Bonchev–Trinajstić information content (AvgIpc) is 2.35. The molecule has 0 amide bonds. The van der Waals surface area contributed by atoms with E-state index in [4.69, 9.17) is 5.73 Å². The van der Waals surface area contributed by atoms with Gasteiger partial charge in [-0.1, -0.05) is 38.0 Å². The van der Waals surface area contributed by atoms with Crippen LogP contribution in [0, 0.1) is 0 Å². The fourth-order valence-electron chi connectivity index (χ4n) is 2.50. The van der Waals surface area contributed by atoms with Gasteiger partial charge >= 0.3 is 0 Å². The van der Waals surface area contributed by atoms with Gasteiger partial charge in [0.05, 0.1) is 0 Å². The zero-order chi connectivity index (χ0) is 14.3. The van der Waals surface area contributed by atoms with Gasteiger partial charge < -0.3 is 10.6 Å². The van der Waals surface area contributed by atoms with Crippen molar-refractivity contribution in [2.75, 3.05) is 11.4 Å². The van der Waals surface area contributed by atoms with Crippen molar-refractivity contribution in [2.24, 2.45) is 5.73 Å². The van der Waals surface area contributed by atoms with E-state index in [9.17, 15) is 0 Å². The molecule has 0 aromatic heterocycles. The van der Waals surface area contributed by atoms with E-state index in [1.165, 1.54) is 30.5 Å². The molecule has 0 aliphatic heterocycles. The molecule has 0 heterocycles. The topological polar surface area (TPSA) is 29.3 Å². The van der Waals surface area contributed by atoms with Gasteiger partial charge in [-0.25, -0.2) is 0 Å². The molecule has 1 atom stereocenters. The Bertz CT molecular complexity index is 358. The predicted octanol–water partition coefficient (Wildman–Crippen LogP) is 3.98. The highest BCUT2D eigenvalue weighted by atomic mass is 15.1. The Hall–Kier alpha value is -1.02. The summed E-state index contributed by atoms with van der Waals surface area (Å²) in [4.78, 5) is 2.52. The molecule has 1 aromatic rings. The molecule has 1 aromatic carbocycles. The summed E-state index contributed by atoms with van der Waals surface area (Å²) in [6.45, 7) is 10.0. The van der Waals surface area contributed by atoms with Crippen LogP contribution in [0.3, 0.4) is 0 Å². The average molecular weight is 262 g/mol. The van der Waals surface area contributed by atoms with E-state index in [0.717, 1.165) is 13.0 Å². The lowest BCUT2D eigenvalue weighted by atomic mass is 10.0. The quantitative estimate of drug-likeness (QED) is 0.718. The predicted molar refractivity (Wildman–Crippen MR) is 85.8 cm³/mol. The summed E-state index contributed by atoms with van der Waals surface area (Å²) in [6.07, 6.45) is 4.79. The number of nitrogens with two attached hydrogens (primary N) is 1. The van der Waals surface area contributed by atoms with Gasteiger partial charge in [-0.2, -0.15) is 0 Å². The Morgan fingerprint density at radius 1 is 1.11 bits per heavy atom. The number of hydrogen-bond acceptors (Lipinski definition) is 2. The zero-order valence-electron chi connectivity index (χ0n) is 13.0. The van der Waals surface area contributed by atoms with Crippen LogP contribution >= 0.6 is 0 Å². The van der Waals surface area contributed by atoms with E-state index in [1.807, 2.05) is 0 Å². The summed E-state index contributed by atoms with van der Waals surface area (Å²) < 4.78 is 0. The first-order valence-corrected chi connectivity index (χ1v) is 7.66. The first-order valence-electron chi connectivity index (χ1n) is 7.66. The molecule has 108 valence electrons. The molecule has 0 fully saturated rings. The second-order valence-electron chi connectivity index (χ2n) is 5.80. The largest absolute Gasteiger partial charge is 0.369 e. The van der Waals surface area contributed by atoms with E-state index in [2.05, 4.69) is 56.9 Å². The van der Waals surface area contributed by atoms with Gasteiger partial charge in [0.15, 0.2) is 0 Å². The smallest absolute Gasteiger partial charge is 0.0401 e. The SMILES string of the molecule is CCCCCN(c1ccccc1CC(C)N)C(C)C. The Morgan fingerprint density at radius 3 is 2.37 bits per heavy atom. The molecule has 0 radical (unpaired) electrons. The molecular formula is C17H30N2. The van der Waals surface area contributed by atoms with Crippen LogP contribution < -0.4 is 10.6 Å². The van der Waals surface area contributed by atoms with Gasteiger partial charge in [-0.3, -0.25) is 0 Å². The van der Waals surface area contributed by atoms with Crippen LogP contribution in [0.25, 0.3) is 0 Å². The van der Waals surface area contributed by atoms with Crippen molar-refractivity contribution in [1.82, 2.24) is 0 Å². The number of anilines is 1. The standard InChI is InChI=1S/C17H30N2/c1-5-6-9-12-19(14(2)3)17-11-8-7-10-16(17)13-15(4)18/h7-8,10-11,14-15H,5-6,9,12-13,18H2,1-4H3. The lowest BCUT2D eigenvalue weighted by Crippen LogP contribution is -2.33. The van der Waals surface area contributed by atoms with E-state index in [-0.39, 0.29) is 6.04 Å². The number of hydrogen-bond donors (Lipinski definition) is 1. The van der Waals surface area contributed by atoms with Crippen molar-refractivity contribution in [3.63, 3.8) is 0 Å². The molecule has 0 saturated heterocycles. The number of para-hydroxylation sites is 1. The molecule has 0 spiro atoms. The van der Waals surface area contributed by atoms with Crippen molar-refractivity contribution in [1.29, 1.82) is 0 Å². The zero-order valence-corrected chi connectivity index (χ0v) is 13.0. The highest BCUT2D eigenvalue weighted by molar-refractivity contribution is 5.54. The third-order valence-corrected chi connectivity index (χ3v) is 3.47. The number of benzene rings is 1. The van der Waals surface area contributed by atoms with E-state index >= 15 is 0 Å². The van der Waals surface area contributed by atoms with E-state index < -0.39 is 0 Å². The number of rotatable bonds is 8. The molecule has 19 heavy (non-hydrogen) atoms. The van der Waals surface area contributed by atoms with Crippen LogP contribution in [0.1, 0.15) is 52.5 Å². The Labute approximate surface area is 119 Å². The minimum absolute atomic E-state index is 0.214. The van der Waals surface area contributed by atoms with Gasteiger partial charge in [0.2, 0.25) is 0 Å². The first-order chi connectivity index (χ1) is 9.06. The lowest BCUT2D eigenvalue weighted by molar-refractivity contribution is 0.621. The number of unbranched alkanes of at least 4 members (excludes halogenated alkanes) is 2. The van der Waals surface area contributed by atoms with Gasteiger partial charge in [-0.05, 0) is 45.2 Å². The summed E-state index contributed by atoms with van der Waals surface area (Å²) in [5.74, 6) is 0. The summed E-state index contributed by atoms with van der Waals surface area (Å²) in [5, 5.41) is 0.